The van der Waals surface area contributed by atoms with Gasteiger partial charge in [0.25, 0.3) is 5.91 Å². The van der Waals surface area contributed by atoms with Crippen LogP contribution < -0.4 is 20.1 Å². The number of hydrogen-bond donors (Lipinski definition) is 4. The van der Waals surface area contributed by atoms with E-state index in [1.807, 2.05) is 26.0 Å². The summed E-state index contributed by atoms with van der Waals surface area (Å²) in [5.74, 6) is 1.64. The summed E-state index contributed by atoms with van der Waals surface area (Å²) < 4.78 is 12.2. The van der Waals surface area contributed by atoms with Crippen molar-refractivity contribution in [2.75, 3.05) is 43.9 Å². The van der Waals surface area contributed by atoms with Crippen molar-refractivity contribution < 1.29 is 19.4 Å². The molecule has 2 aromatic rings. The molecule has 0 saturated carbocycles. The SMILES string of the molecule is CNc1[nH]ncc1C(=O)Nc1cc2c(cc1OC1CN(CCO)C1)OC(C)(C)C2. The zero-order chi connectivity index (χ0) is 20.6. The molecule has 156 valence electrons. The van der Waals surface area contributed by atoms with Crippen molar-refractivity contribution in [3.05, 3.63) is 29.5 Å². The number of nitrogens with one attached hydrogen (secondary N) is 3. The molecule has 29 heavy (non-hydrogen) atoms. The smallest absolute Gasteiger partial charge is 0.261 e. The van der Waals surface area contributed by atoms with Crippen LogP contribution >= 0.6 is 0 Å². The van der Waals surface area contributed by atoms with Gasteiger partial charge in [0.15, 0.2) is 0 Å². The van der Waals surface area contributed by atoms with Gasteiger partial charge in [0, 0.05) is 44.7 Å². The number of anilines is 2. The number of carbonyl (C=O) groups excluding carboxylic acids is 1. The number of β-amino-alcohol motifs (C(OH)–C–C–N with tert-alkyl or cyclic N) is 1. The molecule has 4 rings (SSSR count). The minimum atomic E-state index is -0.291. The molecule has 2 aliphatic rings. The molecule has 1 aromatic heterocycles. The van der Waals surface area contributed by atoms with E-state index in [2.05, 4.69) is 25.7 Å². The number of carbonyl (C=O) groups is 1. The Balaban J connectivity index is 1.57. The summed E-state index contributed by atoms with van der Waals surface area (Å²) in [6.45, 7) is 6.32. The van der Waals surface area contributed by atoms with E-state index in [9.17, 15) is 4.79 Å². The molecular formula is C20H27N5O4. The van der Waals surface area contributed by atoms with Crippen LogP contribution in [-0.4, -0.2) is 71.1 Å². The van der Waals surface area contributed by atoms with Crippen LogP contribution in [0.2, 0.25) is 0 Å². The number of fused-ring (bicyclic) bond motifs is 1. The van der Waals surface area contributed by atoms with Gasteiger partial charge in [0.2, 0.25) is 0 Å². The predicted molar refractivity (Wildman–Crippen MR) is 109 cm³/mol. The predicted octanol–water partition coefficient (Wildman–Crippen LogP) is 1.47. The summed E-state index contributed by atoms with van der Waals surface area (Å²) >= 11 is 0. The second-order valence-electron chi connectivity index (χ2n) is 8.08. The highest BCUT2D eigenvalue weighted by Crippen LogP contribution is 2.42. The van der Waals surface area contributed by atoms with Crippen molar-refractivity contribution in [2.24, 2.45) is 0 Å². The van der Waals surface area contributed by atoms with E-state index >= 15 is 0 Å². The van der Waals surface area contributed by atoms with Gasteiger partial charge in [-0.3, -0.25) is 14.8 Å². The van der Waals surface area contributed by atoms with E-state index in [-0.39, 0.29) is 24.2 Å². The Kier molecular flexibility index (Phi) is 5.10. The summed E-state index contributed by atoms with van der Waals surface area (Å²) in [5.41, 5.74) is 1.78. The van der Waals surface area contributed by atoms with Crippen LogP contribution in [0.4, 0.5) is 11.5 Å². The number of nitrogens with zero attached hydrogens (tertiary/aromatic N) is 2. The first-order valence-corrected chi connectivity index (χ1v) is 9.77. The van der Waals surface area contributed by atoms with E-state index in [0.29, 0.717) is 29.4 Å². The van der Waals surface area contributed by atoms with Crippen molar-refractivity contribution in [2.45, 2.75) is 32.0 Å². The third-order valence-corrected chi connectivity index (χ3v) is 5.18. The number of aliphatic hydroxyl groups is 1. The van der Waals surface area contributed by atoms with Crippen LogP contribution in [0.1, 0.15) is 29.8 Å². The molecule has 1 fully saturated rings. The van der Waals surface area contributed by atoms with Gasteiger partial charge in [0.1, 0.15) is 34.6 Å². The summed E-state index contributed by atoms with van der Waals surface area (Å²) in [6, 6.07) is 3.79. The lowest BCUT2D eigenvalue weighted by Crippen LogP contribution is -2.54. The highest BCUT2D eigenvalue weighted by atomic mass is 16.5. The average molecular weight is 401 g/mol. The second-order valence-corrected chi connectivity index (χ2v) is 8.08. The first-order valence-electron chi connectivity index (χ1n) is 9.77. The van der Waals surface area contributed by atoms with Crippen molar-refractivity contribution in [3.8, 4) is 11.5 Å². The van der Waals surface area contributed by atoms with Gasteiger partial charge >= 0.3 is 0 Å². The molecule has 0 bridgehead atoms. The minimum Gasteiger partial charge on any atom is -0.487 e. The minimum absolute atomic E-state index is 0.00598. The number of H-pyrrole nitrogens is 1. The lowest BCUT2D eigenvalue weighted by Gasteiger charge is -2.38. The summed E-state index contributed by atoms with van der Waals surface area (Å²) in [7, 11) is 1.72. The van der Waals surface area contributed by atoms with E-state index in [4.69, 9.17) is 14.6 Å². The molecule has 0 atom stereocenters. The number of ether oxygens (including phenoxy) is 2. The van der Waals surface area contributed by atoms with Gasteiger partial charge < -0.3 is 25.2 Å². The zero-order valence-electron chi connectivity index (χ0n) is 16.9. The molecule has 0 unspecified atom stereocenters. The quantitative estimate of drug-likeness (QED) is 0.556. The Morgan fingerprint density at radius 2 is 2.24 bits per heavy atom. The van der Waals surface area contributed by atoms with Gasteiger partial charge in [-0.05, 0) is 19.9 Å². The fraction of sp³-hybridized carbons (Fsp3) is 0.500. The van der Waals surface area contributed by atoms with Gasteiger partial charge in [-0.1, -0.05) is 0 Å². The van der Waals surface area contributed by atoms with Gasteiger partial charge in [-0.2, -0.15) is 5.10 Å². The van der Waals surface area contributed by atoms with E-state index in [1.54, 1.807) is 7.05 Å². The maximum atomic E-state index is 12.8. The van der Waals surface area contributed by atoms with E-state index in [0.717, 1.165) is 30.8 Å². The fourth-order valence-corrected chi connectivity index (χ4v) is 3.77. The summed E-state index contributed by atoms with van der Waals surface area (Å²) in [6.07, 6.45) is 2.25. The third-order valence-electron chi connectivity index (χ3n) is 5.18. The molecule has 1 aromatic carbocycles. The van der Waals surface area contributed by atoms with Crippen LogP contribution in [0.15, 0.2) is 18.3 Å². The third kappa shape index (κ3) is 4.01. The van der Waals surface area contributed by atoms with Gasteiger partial charge in [-0.25, -0.2) is 0 Å². The molecule has 1 amide bonds. The Hall–Kier alpha value is -2.78. The van der Waals surface area contributed by atoms with E-state index < -0.39 is 0 Å². The molecule has 0 aliphatic carbocycles. The number of benzene rings is 1. The highest BCUT2D eigenvalue weighted by molar-refractivity contribution is 6.08. The average Bonchev–Trinajstić information content (AvgIpc) is 3.22. The topological polar surface area (TPSA) is 112 Å². The molecule has 0 spiro atoms. The summed E-state index contributed by atoms with van der Waals surface area (Å²) in [5, 5.41) is 21.6. The number of rotatable bonds is 7. The van der Waals surface area contributed by atoms with Gasteiger partial charge in [-0.15, -0.1) is 0 Å². The maximum Gasteiger partial charge on any atom is 0.261 e. The summed E-state index contributed by atoms with van der Waals surface area (Å²) in [4.78, 5) is 14.9. The normalized spacial score (nSPS) is 17.9. The lowest BCUT2D eigenvalue weighted by atomic mass is 10.0. The largest absolute Gasteiger partial charge is 0.487 e. The number of aromatic nitrogens is 2. The Bertz CT molecular complexity index is 904. The van der Waals surface area contributed by atoms with Gasteiger partial charge in [0.05, 0.1) is 18.5 Å². The van der Waals surface area contributed by atoms with Crippen molar-refractivity contribution in [1.82, 2.24) is 15.1 Å². The molecule has 9 nitrogen and oxygen atoms in total. The molecule has 0 radical (unpaired) electrons. The standard InChI is InChI=1S/C20H27N5O4/c1-20(2)8-12-6-15(23-19(27)14-9-22-24-18(14)21-3)17(7-16(12)29-20)28-13-10-25(11-13)4-5-26/h6-7,9,13,26H,4-5,8,10-11H2,1-3H3,(H,23,27)(H2,21,22,24). The first-order chi connectivity index (χ1) is 13.9. The van der Waals surface area contributed by atoms with E-state index in [1.165, 1.54) is 6.20 Å². The molecule has 3 heterocycles. The van der Waals surface area contributed by atoms with Crippen molar-refractivity contribution >= 4 is 17.4 Å². The Labute approximate surface area is 169 Å². The molecule has 2 aliphatic heterocycles. The van der Waals surface area contributed by atoms with Crippen LogP contribution in [0.25, 0.3) is 0 Å². The number of hydrogen-bond acceptors (Lipinski definition) is 7. The number of amides is 1. The van der Waals surface area contributed by atoms with Crippen LogP contribution in [0, 0.1) is 0 Å². The zero-order valence-corrected chi connectivity index (χ0v) is 16.9. The molecular weight excluding hydrogens is 374 g/mol. The van der Waals surface area contributed by atoms with Crippen LogP contribution in [-0.2, 0) is 6.42 Å². The second kappa shape index (κ2) is 7.57. The number of aromatic amines is 1. The maximum absolute atomic E-state index is 12.8. The molecule has 1 saturated heterocycles. The Morgan fingerprint density at radius 3 is 2.97 bits per heavy atom. The Morgan fingerprint density at radius 1 is 1.45 bits per heavy atom. The van der Waals surface area contributed by atoms with Crippen molar-refractivity contribution in [1.29, 1.82) is 0 Å². The monoisotopic (exact) mass is 401 g/mol. The number of aliphatic hydroxyl groups excluding tert-OH is 1. The fourth-order valence-electron chi connectivity index (χ4n) is 3.77. The molecule has 4 N–H and O–H groups in total. The highest BCUT2D eigenvalue weighted by Gasteiger charge is 2.33. The van der Waals surface area contributed by atoms with Crippen LogP contribution in [0.3, 0.4) is 0 Å². The first kappa shape index (κ1) is 19.5. The van der Waals surface area contributed by atoms with Crippen molar-refractivity contribution in [3.63, 3.8) is 0 Å². The van der Waals surface area contributed by atoms with Crippen LogP contribution in [0.5, 0.6) is 11.5 Å². The lowest BCUT2D eigenvalue weighted by molar-refractivity contribution is 0.0109. The number of likely N-dealkylation sites (tertiary alicyclic amines) is 1. The molecule has 9 heteroatoms.